The maximum atomic E-state index is 9.69. The first-order valence-corrected chi connectivity index (χ1v) is 7.22. The van der Waals surface area contributed by atoms with Crippen LogP contribution >= 0.6 is 0 Å². The minimum Gasteiger partial charge on any atom is -0.491 e. The Hall–Kier alpha value is -2.07. The second-order valence-corrected chi connectivity index (χ2v) is 5.42. The van der Waals surface area contributed by atoms with Crippen LogP contribution in [0.4, 0.5) is 5.82 Å². The van der Waals surface area contributed by atoms with E-state index in [1.54, 1.807) is 0 Å². The predicted molar refractivity (Wildman–Crippen MR) is 82.6 cm³/mol. The molecule has 0 saturated heterocycles. The smallest absolute Gasteiger partial charge is 0.135 e. The molecule has 1 aliphatic rings. The maximum absolute atomic E-state index is 9.69. The van der Waals surface area contributed by atoms with Crippen LogP contribution in [0, 0.1) is 13.8 Å². The summed E-state index contributed by atoms with van der Waals surface area (Å²) < 4.78 is 5.80. The van der Waals surface area contributed by atoms with Crippen LogP contribution in [0.15, 0.2) is 30.3 Å². The molecule has 0 fully saturated rings. The lowest BCUT2D eigenvalue weighted by atomic mass is 10.1. The fourth-order valence-corrected chi connectivity index (χ4v) is 2.81. The summed E-state index contributed by atoms with van der Waals surface area (Å²) in [6.45, 7) is 6.15. The van der Waals surface area contributed by atoms with Crippen LogP contribution in [0.5, 0.6) is 5.75 Å². The van der Waals surface area contributed by atoms with E-state index in [0.29, 0.717) is 6.61 Å². The second-order valence-electron chi connectivity index (χ2n) is 5.42. The molecule has 0 bridgehead atoms. The topological polar surface area (TPSA) is 45.6 Å². The zero-order valence-electron chi connectivity index (χ0n) is 12.5. The lowest BCUT2D eigenvalue weighted by Gasteiger charge is -2.24. The first kappa shape index (κ1) is 13.9. The minimum atomic E-state index is 0.00739. The standard InChI is InChI=1S/C17H20N2O2/c1-12-9-13(2)18-17(15(12)11-20)19-7-8-21-16-6-4-3-5-14(16)10-19/h3-6,9,20H,7-8,10-11H2,1-2H3. The van der Waals surface area contributed by atoms with Gasteiger partial charge in [-0.25, -0.2) is 4.98 Å². The molecule has 110 valence electrons. The van der Waals surface area contributed by atoms with Crippen molar-refractivity contribution in [1.82, 2.24) is 4.98 Å². The number of nitrogens with zero attached hydrogens (tertiary/aromatic N) is 2. The van der Waals surface area contributed by atoms with E-state index in [1.807, 2.05) is 38.1 Å². The zero-order valence-corrected chi connectivity index (χ0v) is 12.5. The van der Waals surface area contributed by atoms with Crippen LogP contribution in [0.1, 0.15) is 22.4 Å². The Balaban J connectivity index is 2.01. The summed E-state index contributed by atoms with van der Waals surface area (Å²) in [6, 6.07) is 10.1. The summed E-state index contributed by atoms with van der Waals surface area (Å²) in [4.78, 5) is 6.85. The number of hydrogen-bond donors (Lipinski definition) is 1. The number of aliphatic hydroxyl groups excluding tert-OH is 1. The number of hydrogen-bond acceptors (Lipinski definition) is 4. The first-order chi connectivity index (χ1) is 10.2. The molecular formula is C17H20N2O2. The van der Waals surface area contributed by atoms with Crippen molar-refractivity contribution >= 4 is 5.82 Å². The molecular weight excluding hydrogens is 264 g/mol. The number of rotatable bonds is 2. The van der Waals surface area contributed by atoms with Gasteiger partial charge in [-0.05, 0) is 31.5 Å². The summed E-state index contributed by atoms with van der Waals surface area (Å²) in [5.41, 5.74) is 4.11. The third kappa shape index (κ3) is 2.72. The average molecular weight is 284 g/mol. The molecule has 2 aromatic rings. The van der Waals surface area contributed by atoms with E-state index in [9.17, 15) is 5.11 Å². The molecule has 3 rings (SSSR count). The number of fused-ring (bicyclic) bond motifs is 1. The van der Waals surface area contributed by atoms with Crippen molar-refractivity contribution in [1.29, 1.82) is 0 Å². The fraction of sp³-hybridized carbons (Fsp3) is 0.353. The monoisotopic (exact) mass is 284 g/mol. The Morgan fingerprint density at radius 3 is 2.90 bits per heavy atom. The van der Waals surface area contributed by atoms with E-state index in [1.165, 1.54) is 0 Å². The van der Waals surface area contributed by atoms with Crippen LogP contribution < -0.4 is 9.64 Å². The summed E-state index contributed by atoms with van der Waals surface area (Å²) in [5, 5.41) is 9.69. The van der Waals surface area contributed by atoms with Crippen LogP contribution in [-0.4, -0.2) is 23.2 Å². The van der Waals surface area contributed by atoms with E-state index in [0.717, 1.165) is 47.0 Å². The van der Waals surface area contributed by atoms with Gasteiger partial charge < -0.3 is 14.7 Å². The van der Waals surface area contributed by atoms with Gasteiger partial charge in [-0.1, -0.05) is 18.2 Å². The zero-order chi connectivity index (χ0) is 14.8. The van der Waals surface area contributed by atoms with Crippen molar-refractivity contribution < 1.29 is 9.84 Å². The summed E-state index contributed by atoms with van der Waals surface area (Å²) in [6.07, 6.45) is 0. The highest BCUT2D eigenvalue weighted by molar-refractivity contribution is 5.53. The van der Waals surface area contributed by atoms with Gasteiger partial charge in [0.25, 0.3) is 0 Å². The number of aliphatic hydroxyl groups is 1. The van der Waals surface area contributed by atoms with Gasteiger partial charge in [0, 0.05) is 23.4 Å². The van der Waals surface area contributed by atoms with Crippen molar-refractivity contribution in [2.45, 2.75) is 27.0 Å². The second kappa shape index (κ2) is 5.74. The van der Waals surface area contributed by atoms with E-state index >= 15 is 0 Å². The van der Waals surface area contributed by atoms with Crippen LogP contribution in [0.2, 0.25) is 0 Å². The van der Waals surface area contributed by atoms with E-state index in [4.69, 9.17) is 4.74 Å². The first-order valence-electron chi connectivity index (χ1n) is 7.22. The van der Waals surface area contributed by atoms with Gasteiger partial charge in [-0.3, -0.25) is 0 Å². The summed E-state index contributed by atoms with van der Waals surface area (Å²) >= 11 is 0. The molecule has 1 aliphatic heterocycles. The number of pyridine rings is 1. The Morgan fingerprint density at radius 1 is 1.29 bits per heavy atom. The van der Waals surface area contributed by atoms with Crippen molar-refractivity contribution in [3.8, 4) is 5.75 Å². The molecule has 0 spiro atoms. The lowest BCUT2D eigenvalue weighted by molar-refractivity contribution is 0.280. The molecule has 4 nitrogen and oxygen atoms in total. The van der Waals surface area contributed by atoms with Crippen LogP contribution in [0.25, 0.3) is 0 Å². The normalized spacial score (nSPS) is 14.3. The van der Waals surface area contributed by atoms with Crippen LogP contribution in [0.3, 0.4) is 0 Å². The highest BCUT2D eigenvalue weighted by Crippen LogP contribution is 2.28. The highest BCUT2D eigenvalue weighted by Gasteiger charge is 2.20. The maximum Gasteiger partial charge on any atom is 0.135 e. The predicted octanol–water partition coefficient (Wildman–Crippen LogP) is 2.59. The van der Waals surface area contributed by atoms with Gasteiger partial charge >= 0.3 is 0 Å². The van der Waals surface area contributed by atoms with Crippen LogP contribution in [-0.2, 0) is 13.2 Å². The minimum absolute atomic E-state index is 0.00739. The van der Waals surface area contributed by atoms with E-state index in [2.05, 4.69) is 16.0 Å². The average Bonchev–Trinajstić information content (AvgIpc) is 2.68. The van der Waals surface area contributed by atoms with Crippen molar-refractivity contribution in [3.05, 3.63) is 52.7 Å². The largest absolute Gasteiger partial charge is 0.491 e. The molecule has 0 saturated carbocycles. The van der Waals surface area contributed by atoms with Gasteiger partial charge in [-0.15, -0.1) is 0 Å². The highest BCUT2D eigenvalue weighted by atomic mass is 16.5. The van der Waals surface area contributed by atoms with Crippen molar-refractivity contribution in [2.24, 2.45) is 0 Å². The quantitative estimate of drug-likeness (QED) is 0.920. The van der Waals surface area contributed by atoms with Gasteiger partial charge in [-0.2, -0.15) is 0 Å². The molecule has 0 atom stereocenters. The summed E-state index contributed by atoms with van der Waals surface area (Å²) in [7, 11) is 0. The number of para-hydroxylation sites is 1. The third-order valence-electron chi connectivity index (χ3n) is 3.86. The van der Waals surface area contributed by atoms with E-state index < -0.39 is 0 Å². The van der Waals surface area contributed by atoms with E-state index in [-0.39, 0.29) is 6.61 Å². The number of aromatic nitrogens is 1. The van der Waals surface area contributed by atoms with Gasteiger partial charge in [0.05, 0.1) is 13.2 Å². The van der Waals surface area contributed by atoms with Gasteiger partial charge in [0.1, 0.15) is 18.2 Å². The molecule has 2 heterocycles. The van der Waals surface area contributed by atoms with Crippen molar-refractivity contribution in [3.63, 3.8) is 0 Å². The molecule has 1 aromatic heterocycles. The Morgan fingerprint density at radius 2 is 2.10 bits per heavy atom. The molecule has 0 unspecified atom stereocenters. The number of anilines is 1. The molecule has 0 aliphatic carbocycles. The Kier molecular flexibility index (Phi) is 3.80. The van der Waals surface area contributed by atoms with Gasteiger partial charge in [0.2, 0.25) is 0 Å². The van der Waals surface area contributed by atoms with Gasteiger partial charge in [0.15, 0.2) is 0 Å². The molecule has 21 heavy (non-hydrogen) atoms. The SMILES string of the molecule is Cc1cc(C)c(CO)c(N2CCOc3ccccc3C2)n1. The molecule has 0 amide bonds. The molecule has 4 heteroatoms. The number of aryl methyl sites for hydroxylation is 2. The Labute approximate surface area is 125 Å². The third-order valence-corrected chi connectivity index (χ3v) is 3.86. The molecule has 1 aromatic carbocycles. The van der Waals surface area contributed by atoms with Crippen molar-refractivity contribution in [2.75, 3.05) is 18.1 Å². The molecule has 1 N–H and O–H groups in total. The molecule has 0 radical (unpaired) electrons. The Bertz CT molecular complexity index is 655. The lowest BCUT2D eigenvalue weighted by Crippen LogP contribution is -2.28. The fourth-order valence-electron chi connectivity index (χ4n) is 2.81. The number of benzene rings is 1. The number of ether oxygens (including phenoxy) is 1. The summed E-state index contributed by atoms with van der Waals surface area (Å²) in [5.74, 6) is 1.81.